The van der Waals surface area contributed by atoms with Crippen LogP contribution >= 0.6 is 11.6 Å². The summed E-state index contributed by atoms with van der Waals surface area (Å²) in [5, 5.41) is 9.84. The van der Waals surface area contributed by atoms with E-state index in [2.05, 4.69) is 0 Å². The van der Waals surface area contributed by atoms with Crippen LogP contribution in [0.3, 0.4) is 0 Å². The Morgan fingerprint density at radius 1 is 1.10 bits per heavy atom. The predicted molar refractivity (Wildman–Crippen MR) is 77.0 cm³/mol. The summed E-state index contributed by atoms with van der Waals surface area (Å²) in [6, 6.07) is 12.5. The molecule has 0 saturated carbocycles. The molecule has 1 aromatic heterocycles. The Morgan fingerprint density at radius 2 is 1.80 bits per heavy atom. The van der Waals surface area contributed by atoms with Gasteiger partial charge in [0.2, 0.25) is 0 Å². The summed E-state index contributed by atoms with van der Waals surface area (Å²) in [4.78, 5) is 11.9. The molecule has 4 nitrogen and oxygen atoms in total. The maximum atomic E-state index is 11.9. The number of aliphatic hydroxyl groups excluding tert-OH is 1. The number of halogens is 1. The van der Waals surface area contributed by atoms with Crippen LogP contribution in [-0.4, -0.2) is 9.67 Å². The van der Waals surface area contributed by atoms with E-state index in [1.54, 1.807) is 30.3 Å². The predicted octanol–water partition coefficient (Wildman–Crippen LogP) is 2.79. The first-order chi connectivity index (χ1) is 9.67. The first-order valence-corrected chi connectivity index (χ1v) is 6.53. The average molecular weight is 290 g/mol. The zero-order valence-corrected chi connectivity index (χ0v) is 11.3. The second kappa shape index (κ2) is 5.15. The molecular weight excluding hydrogens is 278 g/mol. The van der Waals surface area contributed by atoms with Crippen molar-refractivity contribution in [2.75, 3.05) is 0 Å². The van der Waals surface area contributed by atoms with Crippen molar-refractivity contribution in [1.29, 1.82) is 0 Å². The number of hydrogen-bond acceptors (Lipinski definition) is 3. The van der Waals surface area contributed by atoms with E-state index in [4.69, 9.17) is 16.0 Å². The average Bonchev–Trinajstić information content (AvgIpc) is 2.77. The van der Waals surface area contributed by atoms with Crippen LogP contribution in [0.15, 0.2) is 51.7 Å². The Morgan fingerprint density at radius 3 is 2.50 bits per heavy atom. The first kappa shape index (κ1) is 13.0. The molecule has 0 radical (unpaired) electrons. The molecule has 0 saturated heterocycles. The van der Waals surface area contributed by atoms with E-state index in [9.17, 15) is 9.90 Å². The van der Waals surface area contributed by atoms with Gasteiger partial charge < -0.3 is 9.52 Å². The molecule has 0 aliphatic heterocycles. The van der Waals surface area contributed by atoms with E-state index in [1.807, 2.05) is 12.1 Å². The minimum Gasteiger partial charge on any atom is -0.408 e. The third-order valence-corrected chi connectivity index (χ3v) is 3.42. The summed E-state index contributed by atoms with van der Waals surface area (Å²) in [5.41, 5.74) is 2.88. The normalized spacial score (nSPS) is 11.1. The summed E-state index contributed by atoms with van der Waals surface area (Å²) in [7, 11) is 0. The molecule has 0 atom stereocenters. The van der Waals surface area contributed by atoms with Gasteiger partial charge in [-0.2, -0.15) is 0 Å². The SMILES string of the molecule is O=c1oc2ccc(CO)cc2n1Cc1ccc(Cl)cc1. The zero-order valence-electron chi connectivity index (χ0n) is 10.5. The van der Waals surface area contributed by atoms with Crippen molar-refractivity contribution >= 4 is 22.7 Å². The van der Waals surface area contributed by atoms with Crippen LogP contribution in [0.25, 0.3) is 11.1 Å². The summed E-state index contributed by atoms with van der Waals surface area (Å²) in [6.45, 7) is 0.328. The fourth-order valence-corrected chi connectivity index (χ4v) is 2.25. The number of benzene rings is 2. The van der Waals surface area contributed by atoms with Crippen LogP contribution in [0.4, 0.5) is 0 Å². The van der Waals surface area contributed by atoms with Crippen LogP contribution in [0.2, 0.25) is 5.02 Å². The highest BCUT2D eigenvalue weighted by Crippen LogP contribution is 2.17. The molecule has 5 heteroatoms. The molecule has 1 heterocycles. The topological polar surface area (TPSA) is 55.4 Å². The van der Waals surface area contributed by atoms with Gasteiger partial charge in [-0.25, -0.2) is 4.79 Å². The molecule has 0 aliphatic carbocycles. The van der Waals surface area contributed by atoms with Gasteiger partial charge in [0.15, 0.2) is 5.58 Å². The van der Waals surface area contributed by atoms with Crippen molar-refractivity contribution in [3.05, 3.63) is 69.2 Å². The smallest absolute Gasteiger partial charge is 0.408 e. The minimum atomic E-state index is -0.412. The summed E-state index contributed by atoms with van der Waals surface area (Å²) in [6.07, 6.45) is 0. The number of rotatable bonds is 3. The van der Waals surface area contributed by atoms with Gasteiger partial charge in [-0.05, 0) is 35.4 Å². The monoisotopic (exact) mass is 289 g/mol. The largest absolute Gasteiger partial charge is 0.420 e. The van der Waals surface area contributed by atoms with E-state index in [1.165, 1.54) is 4.57 Å². The Kier molecular flexibility index (Phi) is 3.34. The number of nitrogens with zero attached hydrogens (tertiary/aromatic N) is 1. The Hall–Kier alpha value is -2.04. The molecule has 102 valence electrons. The molecule has 3 aromatic rings. The quantitative estimate of drug-likeness (QED) is 0.806. The lowest BCUT2D eigenvalue weighted by atomic mass is 10.2. The third-order valence-electron chi connectivity index (χ3n) is 3.17. The van der Waals surface area contributed by atoms with Crippen LogP contribution in [0.5, 0.6) is 0 Å². The zero-order chi connectivity index (χ0) is 14.1. The van der Waals surface area contributed by atoms with Gasteiger partial charge in [0.1, 0.15) is 0 Å². The first-order valence-electron chi connectivity index (χ1n) is 6.15. The molecular formula is C15H12ClNO3. The molecule has 20 heavy (non-hydrogen) atoms. The van der Waals surface area contributed by atoms with Gasteiger partial charge in [-0.1, -0.05) is 29.8 Å². The van der Waals surface area contributed by atoms with Gasteiger partial charge >= 0.3 is 5.76 Å². The van der Waals surface area contributed by atoms with E-state index in [0.717, 1.165) is 11.1 Å². The molecule has 0 amide bonds. The lowest BCUT2D eigenvalue weighted by Gasteiger charge is -2.03. The maximum absolute atomic E-state index is 11.9. The van der Waals surface area contributed by atoms with Crippen molar-refractivity contribution in [3.8, 4) is 0 Å². The Balaban J connectivity index is 2.08. The highest BCUT2D eigenvalue weighted by Gasteiger charge is 2.10. The van der Waals surface area contributed by atoms with Crippen molar-refractivity contribution in [2.24, 2.45) is 0 Å². The van der Waals surface area contributed by atoms with Crippen LogP contribution in [0.1, 0.15) is 11.1 Å². The van der Waals surface area contributed by atoms with Gasteiger partial charge in [0.25, 0.3) is 0 Å². The summed E-state index contributed by atoms with van der Waals surface area (Å²) < 4.78 is 6.73. The number of aromatic nitrogens is 1. The van der Waals surface area contributed by atoms with Crippen LogP contribution in [0, 0.1) is 0 Å². The summed E-state index contributed by atoms with van der Waals surface area (Å²) >= 11 is 5.84. The number of oxazole rings is 1. The molecule has 1 N–H and O–H groups in total. The molecule has 0 aliphatic rings. The lowest BCUT2D eigenvalue weighted by molar-refractivity contribution is 0.282. The van der Waals surface area contributed by atoms with Gasteiger partial charge in [0, 0.05) is 5.02 Å². The second-order valence-electron chi connectivity index (χ2n) is 4.54. The highest BCUT2D eigenvalue weighted by atomic mass is 35.5. The van der Waals surface area contributed by atoms with E-state index in [0.29, 0.717) is 22.7 Å². The highest BCUT2D eigenvalue weighted by molar-refractivity contribution is 6.30. The summed E-state index contributed by atoms with van der Waals surface area (Å²) in [5.74, 6) is -0.412. The number of aliphatic hydroxyl groups is 1. The fourth-order valence-electron chi connectivity index (χ4n) is 2.13. The molecule has 0 unspecified atom stereocenters. The van der Waals surface area contributed by atoms with Gasteiger partial charge in [-0.3, -0.25) is 4.57 Å². The van der Waals surface area contributed by atoms with E-state index < -0.39 is 5.76 Å². The maximum Gasteiger partial charge on any atom is 0.420 e. The number of fused-ring (bicyclic) bond motifs is 1. The standard InChI is InChI=1S/C15H12ClNO3/c16-12-4-1-10(2-5-12)8-17-13-7-11(9-18)3-6-14(13)20-15(17)19/h1-7,18H,8-9H2. The van der Waals surface area contributed by atoms with E-state index in [-0.39, 0.29) is 6.61 Å². The second-order valence-corrected chi connectivity index (χ2v) is 4.98. The van der Waals surface area contributed by atoms with Gasteiger partial charge in [0.05, 0.1) is 18.7 Å². The van der Waals surface area contributed by atoms with Crippen molar-refractivity contribution < 1.29 is 9.52 Å². The van der Waals surface area contributed by atoms with Crippen LogP contribution in [-0.2, 0) is 13.2 Å². The third kappa shape index (κ3) is 2.35. The van der Waals surface area contributed by atoms with E-state index >= 15 is 0 Å². The van der Waals surface area contributed by atoms with Gasteiger partial charge in [-0.15, -0.1) is 0 Å². The molecule has 0 spiro atoms. The molecule has 0 fully saturated rings. The van der Waals surface area contributed by atoms with Crippen molar-refractivity contribution in [3.63, 3.8) is 0 Å². The molecule has 3 rings (SSSR count). The Labute approximate surface area is 119 Å². The molecule has 2 aromatic carbocycles. The van der Waals surface area contributed by atoms with Crippen LogP contribution < -0.4 is 5.76 Å². The minimum absolute atomic E-state index is 0.0732. The van der Waals surface area contributed by atoms with Crippen molar-refractivity contribution in [1.82, 2.24) is 4.57 Å². The fraction of sp³-hybridized carbons (Fsp3) is 0.133. The molecule has 0 bridgehead atoms. The lowest BCUT2D eigenvalue weighted by Crippen LogP contribution is -2.14. The Bertz CT molecular complexity index is 802. The number of hydrogen-bond donors (Lipinski definition) is 1. The van der Waals surface area contributed by atoms with Crippen molar-refractivity contribution in [2.45, 2.75) is 13.2 Å².